The number of halogens is 2. The molecule has 2 aromatic rings. The van der Waals surface area contributed by atoms with Crippen LogP contribution in [-0.2, 0) is 6.42 Å². The van der Waals surface area contributed by atoms with Crippen molar-refractivity contribution in [1.29, 1.82) is 0 Å². The van der Waals surface area contributed by atoms with E-state index in [4.69, 9.17) is 11.6 Å². The first-order valence-electron chi connectivity index (χ1n) is 4.97. The van der Waals surface area contributed by atoms with Crippen molar-refractivity contribution in [3.8, 4) is 11.1 Å². The Kier molecular flexibility index (Phi) is 3.15. The molecule has 0 N–H and O–H groups in total. The van der Waals surface area contributed by atoms with Crippen LogP contribution >= 0.6 is 11.6 Å². The Balaban J connectivity index is 2.60. The molecule has 4 heteroatoms. The van der Waals surface area contributed by atoms with Gasteiger partial charge in [0.25, 0.3) is 0 Å². The third-order valence-corrected chi connectivity index (χ3v) is 2.71. The van der Waals surface area contributed by atoms with Gasteiger partial charge < -0.3 is 0 Å². The Morgan fingerprint density at radius 1 is 1.31 bits per heavy atom. The van der Waals surface area contributed by atoms with E-state index in [-0.39, 0.29) is 10.8 Å². The normalized spacial score (nSPS) is 10.4. The molecule has 82 valence electrons. The first kappa shape index (κ1) is 11.0. The molecule has 0 spiro atoms. The zero-order chi connectivity index (χ0) is 11.5. The van der Waals surface area contributed by atoms with Crippen LogP contribution in [0.15, 0.2) is 30.6 Å². The van der Waals surface area contributed by atoms with Crippen LogP contribution in [0.1, 0.15) is 12.5 Å². The second-order valence-electron chi connectivity index (χ2n) is 3.41. The SMILES string of the molecule is CCc1cc(F)c(Cl)cc1-c1ccnnc1. The second-order valence-corrected chi connectivity index (χ2v) is 3.82. The predicted molar refractivity (Wildman–Crippen MR) is 61.8 cm³/mol. The molecule has 0 aliphatic carbocycles. The van der Waals surface area contributed by atoms with Gasteiger partial charge in [-0.15, -0.1) is 0 Å². The summed E-state index contributed by atoms with van der Waals surface area (Å²) in [5.41, 5.74) is 2.72. The van der Waals surface area contributed by atoms with Gasteiger partial charge in [0.2, 0.25) is 0 Å². The highest BCUT2D eigenvalue weighted by atomic mass is 35.5. The maximum Gasteiger partial charge on any atom is 0.142 e. The molecule has 0 saturated heterocycles. The summed E-state index contributed by atoms with van der Waals surface area (Å²) >= 11 is 5.78. The summed E-state index contributed by atoms with van der Waals surface area (Å²) in [5.74, 6) is -0.385. The minimum Gasteiger partial charge on any atom is -0.205 e. The summed E-state index contributed by atoms with van der Waals surface area (Å²) in [7, 11) is 0. The molecular weight excluding hydrogens is 227 g/mol. The summed E-state index contributed by atoms with van der Waals surface area (Å²) in [6.07, 6.45) is 3.99. The zero-order valence-electron chi connectivity index (χ0n) is 8.74. The first-order valence-corrected chi connectivity index (χ1v) is 5.35. The molecule has 0 amide bonds. The van der Waals surface area contributed by atoms with Gasteiger partial charge in [-0.05, 0) is 35.7 Å². The second kappa shape index (κ2) is 4.58. The number of aryl methyl sites for hydroxylation is 1. The third-order valence-electron chi connectivity index (χ3n) is 2.42. The van der Waals surface area contributed by atoms with Gasteiger partial charge in [-0.3, -0.25) is 0 Å². The maximum absolute atomic E-state index is 13.3. The lowest BCUT2D eigenvalue weighted by Crippen LogP contribution is -1.92. The Labute approximate surface area is 98.1 Å². The fraction of sp³-hybridized carbons (Fsp3) is 0.167. The highest BCUT2D eigenvalue weighted by molar-refractivity contribution is 6.31. The smallest absolute Gasteiger partial charge is 0.142 e. The van der Waals surface area contributed by atoms with Crippen molar-refractivity contribution in [2.75, 3.05) is 0 Å². The van der Waals surface area contributed by atoms with E-state index in [2.05, 4.69) is 10.2 Å². The highest BCUT2D eigenvalue weighted by Gasteiger charge is 2.09. The lowest BCUT2D eigenvalue weighted by molar-refractivity contribution is 0.626. The minimum absolute atomic E-state index is 0.129. The van der Waals surface area contributed by atoms with Crippen LogP contribution in [0, 0.1) is 5.82 Å². The van der Waals surface area contributed by atoms with Gasteiger partial charge in [0.05, 0.1) is 17.4 Å². The van der Waals surface area contributed by atoms with E-state index < -0.39 is 0 Å². The molecular formula is C12H10ClFN2. The molecule has 0 unspecified atom stereocenters. The van der Waals surface area contributed by atoms with Crippen LogP contribution in [0.4, 0.5) is 4.39 Å². The maximum atomic E-state index is 13.3. The van der Waals surface area contributed by atoms with Gasteiger partial charge in [-0.2, -0.15) is 10.2 Å². The van der Waals surface area contributed by atoms with E-state index in [1.807, 2.05) is 13.0 Å². The average Bonchev–Trinajstić information content (AvgIpc) is 2.33. The Morgan fingerprint density at radius 3 is 2.75 bits per heavy atom. The van der Waals surface area contributed by atoms with Crippen LogP contribution in [0.25, 0.3) is 11.1 Å². The predicted octanol–water partition coefficient (Wildman–Crippen LogP) is 3.50. The number of rotatable bonds is 2. The van der Waals surface area contributed by atoms with Crippen LogP contribution in [0.2, 0.25) is 5.02 Å². The number of hydrogen-bond donors (Lipinski definition) is 0. The molecule has 0 atom stereocenters. The molecule has 2 nitrogen and oxygen atoms in total. The molecule has 0 bridgehead atoms. The van der Waals surface area contributed by atoms with Crippen molar-refractivity contribution in [3.63, 3.8) is 0 Å². The summed E-state index contributed by atoms with van der Waals surface area (Å²) in [4.78, 5) is 0. The zero-order valence-corrected chi connectivity index (χ0v) is 9.50. The molecule has 1 heterocycles. The Hall–Kier alpha value is -1.48. The average molecular weight is 237 g/mol. The van der Waals surface area contributed by atoms with Crippen LogP contribution in [0.3, 0.4) is 0 Å². The van der Waals surface area contributed by atoms with Gasteiger partial charge in [0.1, 0.15) is 5.82 Å². The fourth-order valence-electron chi connectivity index (χ4n) is 1.60. The molecule has 0 saturated carbocycles. The quantitative estimate of drug-likeness (QED) is 0.798. The van der Waals surface area contributed by atoms with Crippen molar-refractivity contribution < 1.29 is 4.39 Å². The molecule has 0 aliphatic heterocycles. The lowest BCUT2D eigenvalue weighted by atomic mass is 10.00. The number of aromatic nitrogens is 2. The summed E-state index contributed by atoms with van der Waals surface area (Å²) in [6, 6.07) is 4.93. The molecule has 0 radical (unpaired) electrons. The Morgan fingerprint density at radius 2 is 2.12 bits per heavy atom. The molecule has 0 fully saturated rings. The number of nitrogens with zero attached hydrogens (tertiary/aromatic N) is 2. The van der Waals surface area contributed by atoms with Crippen molar-refractivity contribution in [2.24, 2.45) is 0 Å². The molecule has 16 heavy (non-hydrogen) atoms. The molecule has 0 aliphatic rings. The third kappa shape index (κ3) is 2.04. The molecule has 1 aromatic heterocycles. The van der Waals surface area contributed by atoms with E-state index >= 15 is 0 Å². The molecule has 2 rings (SSSR count). The van der Waals surface area contributed by atoms with E-state index in [0.29, 0.717) is 0 Å². The van der Waals surface area contributed by atoms with Gasteiger partial charge in [0.15, 0.2) is 0 Å². The minimum atomic E-state index is -0.385. The van der Waals surface area contributed by atoms with E-state index in [9.17, 15) is 4.39 Å². The number of hydrogen-bond acceptors (Lipinski definition) is 2. The van der Waals surface area contributed by atoms with Crippen molar-refractivity contribution in [3.05, 3.63) is 47.0 Å². The first-order chi connectivity index (χ1) is 7.72. The van der Waals surface area contributed by atoms with Crippen molar-refractivity contribution in [1.82, 2.24) is 10.2 Å². The summed E-state index contributed by atoms with van der Waals surface area (Å²) in [5, 5.41) is 7.64. The fourth-order valence-corrected chi connectivity index (χ4v) is 1.76. The molecule has 1 aromatic carbocycles. The van der Waals surface area contributed by atoms with Crippen LogP contribution in [-0.4, -0.2) is 10.2 Å². The monoisotopic (exact) mass is 236 g/mol. The lowest BCUT2D eigenvalue weighted by Gasteiger charge is -2.08. The van der Waals surface area contributed by atoms with Gasteiger partial charge in [0, 0.05) is 5.56 Å². The standard InChI is InChI=1S/C12H10ClFN2/c1-2-8-5-12(14)11(13)6-10(8)9-3-4-15-16-7-9/h3-7H,2H2,1H3. The van der Waals surface area contributed by atoms with Crippen molar-refractivity contribution >= 4 is 11.6 Å². The summed E-state index contributed by atoms with van der Waals surface area (Å²) in [6.45, 7) is 1.97. The van der Waals surface area contributed by atoms with E-state index in [1.165, 1.54) is 6.07 Å². The summed E-state index contributed by atoms with van der Waals surface area (Å²) < 4.78 is 13.3. The number of benzene rings is 1. The largest absolute Gasteiger partial charge is 0.205 e. The van der Waals surface area contributed by atoms with Crippen LogP contribution < -0.4 is 0 Å². The van der Waals surface area contributed by atoms with Gasteiger partial charge >= 0.3 is 0 Å². The topological polar surface area (TPSA) is 25.8 Å². The highest BCUT2D eigenvalue weighted by Crippen LogP contribution is 2.28. The van der Waals surface area contributed by atoms with Crippen LogP contribution in [0.5, 0.6) is 0 Å². The van der Waals surface area contributed by atoms with E-state index in [0.717, 1.165) is 23.1 Å². The Bertz CT molecular complexity index is 500. The van der Waals surface area contributed by atoms with Crippen molar-refractivity contribution in [2.45, 2.75) is 13.3 Å². The van der Waals surface area contributed by atoms with Gasteiger partial charge in [-0.25, -0.2) is 4.39 Å². The van der Waals surface area contributed by atoms with Gasteiger partial charge in [-0.1, -0.05) is 18.5 Å². The van der Waals surface area contributed by atoms with E-state index in [1.54, 1.807) is 18.5 Å².